The second-order valence-corrected chi connectivity index (χ2v) is 5.77. The first-order valence-corrected chi connectivity index (χ1v) is 8.11. The second-order valence-electron chi connectivity index (χ2n) is 5.47. The van der Waals surface area contributed by atoms with Gasteiger partial charge in [0, 0.05) is 32.1 Å². The first kappa shape index (κ1) is 18.1. The molecule has 21 heavy (non-hydrogen) atoms. The summed E-state index contributed by atoms with van der Waals surface area (Å²) < 4.78 is 16.4. The first-order valence-electron chi connectivity index (χ1n) is 7.58. The molecular weight excluding hydrogens is 288 g/mol. The zero-order valence-electron chi connectivity index (χ0n) is 13.3. The van der Waals surface area contributed by atoms with E-state index in [0.29, 0.717) is 37.5 Å². The van der Waals surface area contributed by atoms with Crippen molar-refractivity contribution >= 4 is 11.6 Å². The number of alkyl halides is 1. The SMILES string of the molecule is COCCCOc1cccc(OCCC(CCl)C(C)C)c1. The van der Waals surface area contributed by atoms with Crippen molar-refractivity contribution in [3.63, 3.8) is 0 Å². The smallest absolute Gasteiger partial charge is 0.122 e. The standard InChI is InChI=1S/C17H27ClO3/c1-14(2)15(13-18)8-11-21-17-7-4-6-16(12-17)20-10-5-9-19-3/h4,6-7,12,14-15H,5,8-11,13H2,1-3H3. The third kappa shape index (κ3) is 7.58. The highest BCUT2D eigenvalue weighted by Gasteiger charge is 2.12. The van der Waals surface area contributed by atoms with Crippen LogP contribution in [0.5, 0.6) is 11.5 Å². The highest BCUT2D eigenvalue weighted by molar-refractivity contribution is 6.18. The monoisotopic (exact) mass is 314 g/mol. The third-order valence-electron chi connectivity index (χ3n) is 3.47. The number of hydrogen-bond acceptors (Lipinski definition) is 3. The molecule has 0 saturated carbocycles. The van der Waals surface area contributed by atoms with Gasteiger partial charge in [-0.05, 0) is 30.4 Å². The summed E-state index contributed by atoms with van der Waals surface area (Å²) in [5, 5.41) is 0. The maximum atomic E-state index is 5.97. The minimum atomic E-state index is 0.500. The van der Waals surface area contributed by atoms with Crippen molar-refractivity contribution in [2.45, 2.75) is 26.7 Å². The lowest BCUT2D eigenvalue weighted by molar-refractivity contribution is 0.172. The molecule has 0 bridgehead atoms. The van der Waals surface area contributed by atoms with Crippen LogP contribution in [0, 0.1) is 11.8 Å². The number of halogens is 1. The minimum Gasteiger partial charge on any atom is -0.493 e. The Morgan fingerprint density at radius 2 is 1.71 bits per heavy atom. The van der Waals surface area contributed by atoms with E-state index in [1.807, 2.05) is 24.3 Å². The maximum Gasteiger partial charge on any atom is 0.122 e. The van der Waals surface area contributed by atoms with Crippen LogP contribution in [-0.4, -0.2) is 32.8 Å². The van der Waals surface area contributed by atoms with Gasteiger partial charge in [0.15, 0.2) is 0 Å². The van der Waals surface area contributed by atoms with Crippen LogP contribution in [0.2, 0.25) is 0 Å². The van der Waals surface area contributed by atoms with Gasteiger partial charge in [-0.2, -0.15) is 0 Å². The summed E-state index contributed by atoms with van der Waals surface area (Å²) in [6.07, 6.45) is 1.85. The van der Waals surface area contributed by atoms with Crippen LogP contribution in [0.1, 0.15) is 26.7 Å². The highest BCUT2D eigenvalue weighted by atomic mass is 35.5. The average molecular weight is 315 g/mol. The summed E-state index contributed by atoms with van der Waals surface area (Å²) in [5.74, 6) is 3.45. The van der Waals surface area contributed by atoms with E-state index in [9.17, 15) is 0 Å². The van der Waals surface area contributed by atoms with E-state index in [1.54, 1.807) is 7.11 Å². The van der Waals surface area contributed by atoms with E-state index >= 15 is 0 Å². The lowest BCUT2D eigenvalue weighted by atomic mass is 9.95. The molecule has 1 unspecified atom stereocenters. The summed E-state index contributed by atoms with van der Waals surface area (Å²) in [6, 6.07) is 7.77. The van der Waals surface area contributed by atoms with Crippen molar-refractivity contribution in [2.24, 2.45) is 11.8 Å². The summed E-state index contributed by atoms with van der Waals surface area (Å²) in [6.45, 7) is 6.44. The van der Waals surface area contributed by atoms with Crippen LogP contribution < -0.4 is 9.47 Å². The first-order chi connectivity index (χ1) is 10.2. The lowest BCUT2D eigenvalue weighted by Crippen LogP contribution is -2.14. The molecule has 3 nitrogen and oxygen atoms in total. The van der Waals surface area contributed by atoms with Crippen molar-refractivity contribution in [1.29, 1.82) is 0 Å². The van der Waals surface area contributed by atoms with Crippen LogP contribution in [0.25, 0.3) is 0 Å². The van der Waals surface area contributed by atoms with Gasteiger partial charge in [-0.3, -0.25) is 0 Å². The molecule has 0 aromatic heterocycles. The molecule has 0 fully saturated rings. The molecule has 0 spiro atoms. The highest BCUT2D eigenvalue weighted by Crippen LogP contribution is 2.21. The Bertz CT molecular complexity index is 382. The third-order valence-corrected chi connectivity index (χ3v) is 3.86. The Morgan fingerprint density at radius 3 is 2.29 bits per heavy atom. The van der Waals surface area contributed by atoms with Crippen molar-refractivity contribution < 1.29 is 14.2 Å². The van der Waals surface area contributed by atoms with Gasteiger partial charge in [-0.15, -0.1) is 11.6 Å². The predicted molar refractivity (Wildman–Crippen MR) is 87.6 cm³/mol. The fraction of sp³-hybridized carbons (Fsp3) is 0.647. The van der Waals surface area contributed by atoms with Gasteiger partial charge in [-0.1, -0.05) is 19.9 Å². The fourth-order valence-corrected chi connectivity index (χ4v) is 2.47. The Kier molecular flexibility index (Phi) is 9.27. The molecule has 1 aromatic rings. The molecule has 1 atom stereocenters. The number of hydrogen-bond donors (Lipinski definition) is 0. The van der Waals surface area contributed by atoms with Gasteiger partial charge in [0.2, 0.25) is 0 Å². The second kappa shape index (κ2) is 10.7. The normalized spacial score (nSPS) is 12.4. The van der Waals surface area contributed by atoms with Crippen molar-refractivity contribution in [3.05, 3.63) is 24.3 Å². The summed E-state index contributed by atoms with van der Waals surface area (Å²) in [7, 11) is 1.69. The molecule has 0 radical (unpaired) electrons. The summed E-state index contributed by atoms with van der Waals surface area (Å²) >= 11 is 5.97. The molecule has 0 aliphatic carbocycles. The summed E-state index contributed by atoms with van der Waals surface area (Å²) in [5.41, 5.74) is 0. The predicted octanol–water partition coefficient (Wildman–Crippen LogP) is 4.38. The fourth-order valence-electron chi connectivity index (χ4n) is 1.96. The average Bonchev–Trinajstić information content (AvgIpc) is 2.48. The lowest BCUT2D eigenvalue weighted by Gasteiger charge is -2.18. The van der Waals surface area contributed by atoms with Gasteiger partial charge >= 0.3 is 0 Å². The minimum absolute atomic E-state index is 0.500. The molecule has 0 aliphatic rings. The van der Waals surface area contributed by atoms with Gasteiger partial charge < -0.3 is 14.2 Å². The van der Waals surface area contributed by atoms with E-state index in [4.69, 9.17) is 25.8 Å². The van der Waals surface area contributed by atoms with Gasteiger partial charge in [0.05, 0.1) is 13.2 Å². The summed E-state index contributed by atoms with van der Waals surface area (Å²) in [4.78, 5) is 0. The molecular formula is C17H27ClO3. The zero-order valence-corrected chi connectivity index (χ0v) is 14.1. The molecule has 0 saturated heterocycles. The Hall–Kier alpha value is -0.930. The Morgan fingerprint density at radius 1 is 1.05 bits per heavy atom. The van der Waals surface area contributed by atoms with Crippen LogP contribution in [0.15, 0.2) is 24.3 Å². The molecule has 1 aromatic carbocycles. The molecule has 0 aliphatic heterocycles. The largest absolute Gasteiger partial charge is 0.493 e. The van der Waals surface area contributed by atoms with Gasteiger partial charge in [-0.25, -0.2) is 0 Å². The van der Waals surface area contributed by atoms with Crippen LogP contribution in [0.4, 0.5) is 0 Å². The van der Waals surface area contributed by atoms with Gasteiger partial charge in [0.1, 0.15) is 11.5 Å². The molecule has 4 heteroatoms. The topological polar surface area (TPSA) is 27.7 Å². The number of benzene rings is 1. The molecule has 0 heterocycles. The van der Waals surface area contributed by atoms with Crippen molar-refractivity contribution in [1.82, 2.24) is 0 Å². The quantitative estimate of drug-likeness (QED) is 0.448. The van der Waals surface area contributed by atoms with Crippen molar-refractivity contribution in [3.8, 4) is 11.5 Å². The van der Waals surface area contributed by atoms with E-state index in [-0.39, 0.29) is 0 Å². The Labute approximate surface area is 133 Å². The number of methoxy groups -OCH3 is 1. The Balaban J connectivity index is 2.35. The van der Waals surface area contributed by atoms with E-state index < -0.39 is 0 Å². The maximum absolute atomic E-state index is 5.97. The zero-order chi connectivity index (χ0) is 15.5. The van der Waals surface area contributed by atoms with Crippen molar-refractivity contribution in [2.75, 3.05) is 32.8 Å². The van der Waals surface area contributed by atoms with E-state index in [0.717, 1.165) is 24.3 Å². The van der Waals surface area contributed by atoms with Gasteiger partial charge in [0.25, 0.3) is 0 Å². The van der Waals surface area contributed by atoms with E-state index in [1.165, 1.54) is 0 Å². The molecule has 0 amide bonds. The van der Waals surface area contributed by atoms with Crippen LogP contribution >= 0.6 is 11.6 Å². The molecule has 120 valence electrons. The molecule has 1 rings (SSSR count). The van der Waals surface area contributed by atoms with E-state index in [2.05, 4.69) is 13.8 Å². The van der Waals surface area contributed by atoms with Crippen LogP contribution in [-0.2, 0) is 4.74 Å². The number of rotatable bonds is 11. The number of ether oxygens (including phenoxy) is 3. The molecule has 0 N–H and O–H groups in total. The van der Waals surface area contributed by atoms with Crippen LogP contribution in [0.3, 0.4) is 0 Å².